The third kappa shape index (κ3) is 2.88. The normalized spacial score (nSPS) is 18.9. The van der Waals surface area contributed by atoms with Crippen molar-refractivity contribution in [2.45, 2.75) is 25.3 Å². The van der Waals surface area contributed by atoms with E-state index in [4.69, 9.17) is 5.73 Å². The van der Waals surface area contributed by atoms with Crippen LogP contribution in [-0.2, 0) is 0 Å². The Labute approximate surface area is 120 Å². The molecule has 1 aromatic carbocycles. The lowest BCUT2D eigenvalue weighted by atomic mass is 10.0. The number of anilines is 2. The Morgan fingerprint density at radius 2 is 2.20 bits per heavy atom. The maximum absolute atomic E-state index is 12.5. The van der Waals surface area contributed by atoms with E-state index < -0.39 is 0 Å². The topological polar surface area (TPSA) is 69.8 Å². The molecule has 5 heteroatoms. The molecule has 1 heterocycles. The maximum Gasteiger partial charge on any atom is 0.254 e. The van der Waals surface area contributed by atoms with Crippen LogP contribution < -0.4 is 10.6 Å². The predicted molar refractivity (Wildman–Crippen MR) is 80.9 cm³/mol. The Hall–Kier alpha value is -1.75. The van der Waals surface area contributed by atoms with Crippen LogP contribution in [0.2, 0.25) is 0 Å². The minimum Gasteiger partial charge on any atom is -0.397 e. The first-order valence-electron chi connectivity index (χ1n) is 7.03. The Morgan fingerprint density at radius 1 is 1.45 bits per heavy atom. The number of nitrogens with zero attached hydrogens (tertiary/aromatic N) is 2. The van der Waals surface area contributed by atoms with Crippen LogP contribution in [0.25, 0.3) is 0 Å². The van der Waals surface area contributed by atoms with Gasteiger partial charge in [-0.25, -0.2) is 0 Å². The summed E-state index contributed by atoms with van der Waals surface area (Å²) in [6, 6.07) is 5.32. The highest BCUT2D eigenvalue weighted by atomic mass is 16.3. The summed E-state index contributed by atoms with van der Waals surface area (Å²) in [6.07, 6.45) is 2.93. The lowest BCUT2D eigenvalue weighted by Crippen LogP contribution is -2.45. The molecule has 1 unspecified atom stereocenters. The third-order valence-corrected chi connectivity index (χ3v) is 3.86. The van der Waals surface area contributed by atoms with Gasteiger partial charge in [0, 0.05) is 26.2 Å². The summed E-state index contributed by atoms with van der Waals surface area (Å²) >= 11 is 0. The molecule has 0 aromatic heterocycles. The van der Waals surface area contributed by atoms with Crippen molar-refractivity contribution < 1.29 is 9.90 Å². The van der Waals surface area contributed by atoms with Gasteiger partial charge in [-0.2, -0.15) is 0 Å². The number of nitrogen functional groups attached to an aromatic ring is 1. The number of nitrogens with two attached hydrogens (primary N) is 1. The summed E-state index contributed by atoms with van der Waals surface area (Å²) in [4.78, 5) is 16.2. The highest BCUT2D eigenvalue weighted by molar-refractivity contribution is 5.96. The molecule has 0 bridgehead atoms. The summed E-state index contributed by atoms with van der Waals surface area (Å²) in [7, 11) is 3.83. The van der Waals surface area contributed by atoms with Crippen LogP contribution in [0.4, 0.5) is 11.4 Å². The zero-order valence-corrected chi connectivity index (χ0v) is 12.2. The van der Waals surface area contributed by atoms with Crippen LogP contribution in [-0.4, -0.2) is 49.2 Å². The Kier molecular flexibility index (Phi) is 4.49. The summed E-state index contributed by atoms with van der Waals surface area (Å²) in [6.45, 7) is 0.733. The number of amides is 1. The molecule has 5 nitrogen and oxygen atoms in total. The van der Waals surface area contributed by atoms with Crippen molar-refractivity contribution in [3.8, 4) is 0 Å². The summed E-state index contributed by atoms with van der Waals surface area (Å²) in [5.74, 6) is -0.0410. The van der Waals surface area contributed by atoms with Gasteiger partial charge in [0.1, 0.15) is 0 Å². The van der Waals surface area contributed by atoms with Gasteiger partial charge in [0.2, 0.25) is 0 Å². The molecular weight excluding hydrogens is 254 g/mol. The molecule has 110 valence electrons. The number of aliphatic hydroxyl groups is 1. The van der Waals surface area contributed by atoms with E-state index in [1.807, 2.05) is 25.1 Å². The van der Waals surface area contributed by atoms with Gasteiger partial charge >= 0.3 is 0 Å². The minimum atomic E-state index is -0.0639. The second-order valence-electron chi connectivity index (χ2n) is 5.50. The number of hydrogen-bond donors (Lipinski definition) is 2. The first kappa shape index (κ1) is 14.7. The number of benzene rings is 1. The SMILES string of the molecule is CN(C)c1ccc(C(=O)N2CCCCC2CO)cc1N. The van der Waals surface area contributed by atoms with E-state index >= 15 is 0 Å². The highest BCUT2D eigenvalue weighted by Gasteiger charge is 2.27. The van der Waals surface area contributed by atoms with Crippen LogP contribution in [0, 0.1) is 0 Å². The van der Waals surface area contributed by atoms with E-state index in [2.05, 4.69) is 0 Å². The number of rotatable bonds is 3. The zero-order valence-electron chi connectivity index (χ0n) is 12.2. The van der Waals surface area contributed by atoms with Gasteiger partial charge < -0.3 is 20.6 Å². The summed E-state index contributed by atoms with van der Waals surface area (Å²) in [5.41, 5.74) is 8.08. The van der Waals surface area contributed by atoms with Crippen LogP contribution in [0.5, 0.6) is 0 Å². The summed E-state index contributed by atoms with van der Waals surface area (Å²) < 4.78 is 0. The largest absolute Gasteiger partial charge is 0.397 e. The number of hydrogen-bond acceptors (Lipinski definition) is 4. The van der Waals surface area contributed by atoms with Gasteiger partial charge in [-0.05, 0) is 37.5 Å². The lowest BCUT2D eigenvalue weighted by Gasteiger charge is -2.34. The third-order valence-electron chi connectivity index (χ3n) is 3.86. The molecule has 20 heavy (non-hydrogen) atoms. The van der Waals surface area contributed by atoms with Crippen LogP contribution in [0.3, 0.4) is 0 Å². The van der Waals surface area contributed by atoms with Crippen LogP contribution in [0.1, 0.15) is 29.6 Å². The van der Waals surface area contributed by atoms with E-state index in [1.165, 1.54) is 0 Å². The van der Waals surface area contributed by atoms with E-state index in [9.17, 15) is 9.90 Å². The molecule has 1 atom stereocenters. The summed E-state index contributed by atoms with van der Waals surface area (Å²) in [5, 5.41) is 9.40. The van der Waals surface area contributed by atoms with Crippen molar-refractivity contribution >= 4 is 17.3 Å². The average molecular weight is 277 g/mol. The molecule has 1 fully saturated rings. The minimum absolute atomic E-state index is 0.0248. The predicted octanol–water partition coefficient (Wildman–Crippen LogP) is 1.32. The zero-order chi connectivity index (χ0) is 14.7. The second kappa shape index (κ2) is 6.13. The molecule has 1 saturated heterocycles. The molecule has 0 aliphatic carbocycles. The fourth-order valence-corrected chi connectivity index (χ4v) is 2.72. The van der Waals surface area contributed by atoms with Crippen molar-refractivity contribution in [3.63, 3.8) is 0 Å². The van der Waals surface area contributed by atoms with E-state index in [0.29, 0.717) is 17.8 Å². The molecule has 0 radical (unpaired) electrons. The number of carbonyl (C=O) groups is 1. The van der Waals surface area contributed by atoms with Crippen molar-refractivity contribution in [2.75, 3.05) is 37.9 Å². The van der Waals surface area contributed by atoms with Crippen LogP contribution >= 0.6 is 0 Å². The number of aliphatic hydroxyl groups excluding tert-OH is 1. The lowest BCUT2D eigenvalue weighted by molar-refractivity contribution is 0.0503. The first-order chi connectivity index (χ1) is 9.54. The first-order valence-corrected chi connectivity index (χ1v) is 7.03. The van der Waals surface area contributed by atoms with Crippen molar-refractivity contribution in [1.29, 1.82) is 0 Å². The molecule has 1 aliphatic heterocycles. The van der Waals surface area contributed by atoms with Crippen LogP contribution in [0.15, 0.2) is 18.2 Å². The Balaban J connectivity index is 2.22. The van der Waals surface area contributed by atoms with Gasteiger partial charge in [-0.1, -0.05) is 0 Å². The van der Waals surface area contributed by atoms with E-state index in [0.717, 1.165) is 24.9 Å². The number of piperidine rings is 1. The van der Waals surface area contributed by atoms with Crippen molar-refractivity contribution in [1.82, 2.24) is 4.90 Å². The van der Waals surface area contributed by atoms with Gasteiger partial charge in [-0.3, -0.25) is 4.79 Å². The quantitative estimate of drug-likeness (QED) is 0.818. The molecule has 0 spiro atoms. The van der Waals surface area contributed by atoms with Crippen molar-refractivity contribution in [3.05, 3.63) is 23.8 Å². The molecular formula is C15H23N3O2. The molecule has 0 saturated carbocycles. The maximum atomic E-state index is 12.5. The highest BCUT2D eigenvalue weighted by Crippen LogP contribution is 2.25. The average Bonchev–Trinajstić information content (AvgIpc) is 2.45. The standard InChI is InChI=1S/C15H23N3O2/c1-17(2)14-7-6-11(9-13(14)16)15(20)18-8-4-3-5-12(18)10-19/h6-7,9,12,19H,3-5,8,10,16H2,1-2H3. The molecule has 1 aromatic rings. The Bertz CT molecular complexity index is 488. The molecule has 1 aliphatic rings. The van der Waals surface area contributed by atoms with Gasteiger partial charge in [0.05, 0.1) is 24.0 Å². The fourth-order valence-electron chi connectivity index (χ4n) is 2.72. The van der Waals surface area contributed by atoms with Crippen molar-refractivity contribution in [2.24, 2.45) is 0 Å². The second-order valence-corrected chi connectivity index (χ2v) is 5.50. The smallest absolute Gasteiger partial charge is 0.254 e. The monoisotopic (exact) mass is 277 g/mol. The molecule has 3 N–H and O–H groups in total. The number of likely N-dealkylation sites (tertiary alicyclic amines) is 1. The van der Waals surface area contributed by atoms with Gasteiger partial charge in [0.15, 0.2) is 0 Å². The Morgan fingerprint density at radius 3 is 2.80 bits per heavy atom. The van der Waals surface area contributed by atoms with E-state index in [1.54, 1.807) is 17.0 Å². The number of carbonyl (C=O) groups excluding carboxylic acids is 1. The van der Waals surface area contributed by atoms with Gasteiger partial charge in [-0.15, -0.1) is 0 Å². The molecule has 2 rings (SSSR count). The van der Waals surface area contributed by atoms with E-state index in [-0.39, 0.29) is 18.6 Å². The molecule has 1 amide bonds. The van der Waals surface area contributed by atoms with Gasteiger partial charge in [0.25, 0.3) is 5.91 Å². The fraction of sp³-hybridized carbons (Fsp3) is 0.533.